The van der Waals surface area contributed by atoms with Crippen molar-refractivity contribution in [3.63, 3.8) is 0 Å². The Labute approximate surface area is 121 Å². The highest BCUT2D eigenvalue weighted by Crippen LogP contribution is 2.45. The molecule has 0 aromatic carbocycles. The third-order valence-corrected chi connectivity index (χ3v) is 6.57. The van der Waals surface area contributed by atoms with Crippen LogP contribution in [0.4, 0.5) is 0 Å². The first-order valence-electron chi connectivity index (χ1n) is 8.32. The van der Waals surface area contributed by atoms with Gasteiger partial charge in [-0.3, -0.25) is 0 Å². The fraction of sp³-hybridized carbons (Fsp3) is 1.00. The number of hydrogen-bond acceptors (Lipinski definition) is 3. The van der Waals surface area contributed by atoms with E-state index >= 15 is 0 Å². The monoisotopic (exact) mass is 281 g/mol. The van der Waals surface area contributed by atoms with Crippen LogP contribution in [0.5, 0.6) is 0 Å². The fourth-order valence-corrected chi connectivity index (χ4v) is 5.34. The molecule has 3 heteroatoms. The Balaban J connectivity index is 1.37. The molecule has 2 saturated carbocycles. The van der Waals surface area contributed by atoms with Gasteiger partial charge in [0.2, 0.25) is 0 Å². The van der Waals surface area contributed by atoms with Crippen molar-refractivity contribution in [3.05, 3.63) is 0 Å². The van der Waals surface area contributed by atoms with Gasteiger partial charge in [0.05, 0.1) is 5.60 Å². The van der Waals surface area contributed by atoms with Crippen molar-refractivity contribution in [2.24, 2.45) is 11.8 Å². The largest absolute Gasteiger partial charge is 0.375 e. The Hall–Kier alpha value is 0.270. The van der Waals surface area contributed by atoms with Gasteiger partial charge in [0, 0.05) is 18.7 Å². The van der Waals surface area contributed by atoms with Gasteiger partial charge in [0.1, 0.15) is 0 Å². The van der Waals surface area contributed by atoms with Crippen molar-refractivity contribution in [2.45, 2.75) is 69.1 Å². The van der Waals surface area contributed by atoms with E-state index in [1.165, 1.54) is 62.9 Å². The summed E-state index contributed by atoms with van der Waals surface area (Å²) >= 11 is 2.11. The average molecular weight is 281 g/mol. The molecule has 2 aliphatic carbocycles. The molecule has 2 saturated heterocycles. The summed E-state index contributed by atoms with van der Waals surface area (Å²) in [7, 11) is 0. The third kappa shape index (κ3) is 2.98. The van der Waals surface area contributed by atoms with Gasteiger partial charge in [-0.15, -0.1) is 0 Å². The van der Waals surface area contributed by atoms with Crippen molar-refractivity contribution < 1.29 is 4.74 Å². The highest BCUT2D eigenvalue weighted by Gasteiger charge is 2.44. The molecule has 19 heavy (non-hydrogen) atoms. The smallest absolute Gasteiger partial charge is 0.0713 e. The van der Waals surface area contributed by atoms with Gasteiger partial charge in [0.25, 0.3) is 0 Å². The number of ether oxygens (including phenoxy) is 1. The first-order chi connectivity index (χ1) is 9.35. The molecule has 1 unspecified atom stereocenters. The molecule has 1 N–H and O–H groups in total. The Kier molecular flexibility index (Phi) is 3.57. The van der Waals surface area contributed by atoms with Gasteiger partial charge in [-0.1, -0.05) is 0 Å². The lowest BCUT2D eigenvalue weighted by Gasteiger charge is -2.44. The molecule has 108 valence electrons. The minimum atomic E-state index is 0.249. The van der Waals surface area contributed by atoms with Crippen LogP contribution in [0.1, 0.15) is 51.4 Å². The molecule has 0 aromatic heterocycles. The van der Waals surface area contributed by atoms with E-state index in [1.54, 1.807) is 0 Å². The summed E-state index contributed by atoms with van der Waals surface area (Å²) < 4.78 is 6.22. The molecule has 4 fully saturated rings. The van der Waals surface area contributed by atoms with E-state index in [1.807, 2.05) is 0 Å². The molecule has 2 nitrogen and oxygen atoms in total. The Morgan fingerprint density at radius 2 is 1.68 bits per heavy atom. The molecular formula is C16H27NOS. The van der Waals surface area contributed by atoms with Gasteiger partial charge in [-0.25, -0.2) is 0 Å². The Morgan fingerprint density at radius 3 is 2.32 bits per heavy atom. The van der Waals surface area contributed by atoms with Gasteiger partial charge >= 0.3 is 0 Å². The second kappa shape index (κ2) is 5.23. The van der Waals surface area contributed by atoms with Crippen LogP contribution < -0.4 is 5.32 Å². The summed E-state index contributed by atoms with van der Waals surface area (Å²) in [5, 5.41) is 4.06. The molecule has 2 heterocycles. The van der Waals surface area contributed by atoms with Crippen LogP contribution in [-0.4, -0.2) is 35.8 Å². The lowest BCUT2D eigenvalue weighted by atomic mass is 9.85. The topological polar surface area (TPSA) is 21.3 Å². The van der Waals surface area contributed by atoms with Gasteiger partial charge in [0.15, 0.2) is 0 Å². The minimum Gasteiger partial charge on any atom is -0.375 e. The van der Waals surface area contributed by atoms with Crippen LogP contribution in [0.15, 0.2) is 0 Å². The van der Waals surface area contributed by atoms with Crippen LogP contribution in [0.3, 0.4) is 0 Å². The minimum absolute atomic E-state index is 0.249. The zero-order valence-electron chi connectivity index (χ0n) is 11.9. The number of hydrogen-bond donors (Lipinski definition) is 1. The van der Waals surface area contributed by atoms with E-state index in [9.17, 15) is 0 Å². The molecule has 0 radical (unpaired) electrons. The van der Waals surface area contributed by atoms with Crippen molar-refractivity contribution in [1.82, 2.24) is 5.32 Å². The van der Waals surface area contributed by atoms with Crippen molar-refractivity contribution in [2.75, 3.05) is 18.1 Å². The van der Waals surface area contributed by atoms with E-state index in [4.69, 9.17) is 4.74 Å². The second-order valence-electron chi connectivity index (χ2n) is 7.20. The molecule has 2 aliphatic heterocycles. The third-order valence-electron chi connectivity index (χ3n) is 5.58. The van der Waals surface area contributed by atoms with Crippen LogP contribution in [0, 0.1) is 11.8 Å². The molecule has 0 amide bonds. The first kappa shape index (κ1) is 13.0. The fourth-order valence-electron chi connectivity index (χ4n) is 4.10. The van der Waals surface area contributed by atoms with E-state index < -0.39 is 0 Å². The number of nitrogens with one attached hydrogen (secondary N) is 1. The highest BCUT2D eigenvalue weighted by molar-refractivity contribution is 7.99. The van der Waals surface area contributed by atoms with E-state index in [2.05, 4.69) is 17.1 Å². The van der Waals surface area contributed by atoms with E-state index in [0.29, 0.717) is 0 Å². The van der Waals surface area contributed by atoms with Crippen molar-refractivity contribution in [1.29, 1.82) is 0 Å². The van der Waals surface area contributed by atoms with Crippen LogP contribution in [-0.2, 0) is 4.74 Å². The van der Waals surface area contributed by atoms with Gasteiger partial charge < -0.3 is 10.1 Å². The summed E-state index contributed by atoms with van der Waals surface area (Å²) in [5.74, 6) is 4.66. The quantitative estimate of drug-likeness (QED) is 0.855. The highest BCUT2D eigenvalue weighted by atomic mass is 32.2. The van der Waals surface area contributed by atoms with Crippen molar-refractivity contribution in [3.8, 4) is 0 Å². The molecule has 0 aromatic rings. The predicted molar refractivity (Wildman–Crippen MR) is 80.6 cm³/mol. The molecule has 1 spiro atoms. The molecule has 4 rings (SSSR count). The lowest BCUT2D eigenvalue weighted by molar-refractivity contribution is -0.0947. The maximum Gasteiger partial charge on any atom is 0.0713 e. The van der Waals surface area contributed by atoms with Crippen molar-refractivity contribution >= 4 is 11.8 Å². The molecule has 1 atom stereocenters. The predicted octanol–water partition coefficient (Wildman–Crippen LogP) is 3.21. The second-order valence-corrected chi connectivity index (χ2v) is 8.43. The Morgan fingerprint density at radius 1 is 1.00 bits per heavy atom. The number of rotatable bonds is 4. The first-order valence-corrected chi connectivity index (χ1v) is 9.48. The molecule has 4 aliphatic rings. The van der Waals surface area contributed by atoms with E-state index in [-0.39, 0.29) is 5.60 Å². The maximum absolute atomic E-state index is 6.22. The van der Waals surface area contributed by atoms with Crippen LogP contribution in [0.25, 0.3) is 0 Å². The van der Waals surface area contributed by atoms with Gasteiger partial charge in [-0.2, -0.15) is 11.8 Å². The summed E-state index contributed by atoms with van der Waals surface area (Å²) in [5.41, 5.74) is 0.249. The zero-order chi connectivity index (χ0) is 12.7. The summed E-state index contributed by atoms with van der Waals surface area (Å²) in [4.78, 5) is 0. The number of thioether (sulfide) groups is 1. The molecule has 0 bridgehead atoms. The SMILES string of the molecule is C1CC(NC(C2CC2)C2CC2)CC2(CCSCC2)O1. The van der Waals surface area contributed by atoms with Crippen LogP contribution >= 0.6 is 11.8 Å². The van der Waals surface area contributed by atoms with E-state index in [0.717, 1.165) is 30.5 Å². The Bertz CT molecular complexity index is 303. The van der Waals surface area contributed by atoms with Gasteiger partial charge in [-0.05, 0) is 74.7 Å². The molecular weight excluding hydrogens is 254 g/mol. The average Bonchev–Trinajstić information content (AvgIpc) is 3.29. The summed E-state index contributed by atoms with van der Waals surface area (Å²) in [6.07, 6.45) is 11.0. The maximum atomic E-state index is 6.22. The standard InChI is InChI=1S/C16H27NOS/c1-2-12(1)15(13-3-4-13)17-14-5-8-18-16(11-14)6-9-19-10-7-16/h12-15,17H,1-11H2. The lowest BCUT2D eigenvalue weighted by Crippen LogP contribution is -2.52. The summed E-state index contributed by atoms with van der Waals surface area (Å²) in [6.45, 7) is 0.990. The summed E-state index contributed by atoms with van der Waals surface area (Å²) in [6, 6.07) is 1.60. The zero-order valence-corrected chi connectivity index (χ0v) is 12.7. The normalized spacial score (nSPS) is 34.9. The van der Waals surface area contributed by atoms with Crippen LogP contribution in [0.2, 0.25) is 0 Å².